The maximum Gasteiger partial charge on any atom is 0.225 e. The van der Waals surface area contributed by atoms with Crippen molar-refractivity contribution < 1.29 is 14.6 Å². The molecule has 1 aliphatic carbocycles. The molecule has 1 saturated heterocycles. The fraction of sp³-hybridized carbons (Fsp3) is 0.944. The largest absolute Gasteiger partial charge is 0.390 e. The van der Waals surface area contributed by atoms with Crippen LogP contribution in [0.4, 0.5) is 0 Å². The van der Waals surface area contributed by atoms with Crippen LogP contribution in [0.3, 0.4) is 0 Å². The van der Waals surface area contributed by atoms with Crippen molar-refractivity contribution in [3.63, 3.8) is 0 Å². The van der Waals surface area contributed by atoms with Gasteiger partial charge in [-0.3, -0.25) is 4.79 Å². The Bertz CT molecular complexity index is 382. The summed E-state index contributed by atoms with van der Waals surface area (Å²) in [7, 11) is 0. The van der Waals surface area contributed by atoms with Gasteiger partial charge in [-0.2, -0.15) is 0 Å². The van der Waals surface area contributed by atoms with E-state index in [9.17, 15) is 9.90 Å². The molecule has 1 heterocycles. The molecule has 2 aliphatic rings. The Hall–Kier alpha value is -0.610. The number of likely N-dealkylation sites (tertiary alicyclic amines) is 1. The summed E-state index contributed by atoms with van der Waals surface area (Å²) in [6, 6.07) is 0. The van der Waals surface area contributed by atoms with E-state index in [4.69, 9.17) is 4.74 Å². The average Bonchev–Trinajstić information content (AvgIpc) is 2.87. The predicted molar refractivity (Wildman–Crippen MR) is 87.5 cm³/mol. The Labute approximate surface area is 135 Å². The van der Waals surface area contributed by atoms with E-state index in [1.807, 2.05) is 11.8 Å². The zero-order valence-corrected chi connectivity index (χ0v) is 14.7. The van der Waals surface area contributed by atoms with Crippen molar-refractivity contribution in [2.24, 2.45) is 17.3 Å². The Morgan fingerprint density at radius 3 is 2.64 bits per heavy atom. The Kier molecular flexibility index (Phi) is 5.54. The van der Waals surface area contributed by atoms with E-state index in [1.54, 1.807) is 0 Å². The van der Waals surface area contributed by atoms with E-state index in [0.717, 1.165) is 45.6 Å². The van der Waals surface area contributed by atoms with Gasteiger partial charge < -0.3 is 14.7 Å². The van der Waals surface area contributed by atoms with Crippen LogP contribution >= 0.6 is 0 Å². The number of carbonyl (C=O) groups is 1. The van der Waals surface area contributed by atoms with Crippen molar-refractivity contribution in [2.75, 3.05) is 26.3 Å². The van der Waals surface area contributed by atoms with Crippen molar-refractivity contribution in [3.8, 4) is 0 Å². The lowest BCUT2D eigenvalue weighted by Crippen LogP contribution is -2.51. The summed E-state index contributed by atoms with van der Waals surface area (Å²) in [5.74, 6) is 0.777. The number of amides is 1. The van der Waals surface area contributed by atoms with Crippen molar-refractivity contribution in [1.29, 1.82) is 0 Å². The maximum atomic E-state index is 12.5. The third-order valence-corrected chi connectivity index (χ3v) is 5.10. The first kappa shape index (κ1) is 17.7. The van der Waals surface area contributed by atoms with E-state index < -0.39 is 5.60 Å². The molecule has 1 N–H and O–H groups in total. The first-order valence-electron chi connectivity index (χ1n) is 8.81. The number of aliphatic hydroxyl groups is 1. The first-order chi connectivity index (χ1) is 10.2. The van der Waals surface area contributed by atoms with Crippen LogP contribution in [0.5, 0.6) is 0 Å². The smallest absolute Gasteiger partial charge is 0.225 e. The van der Waals surface area contributed by atoms with Gasteiger partial charge in [0, 0.05) is 31.5 Å². The summed E-state index contributed by atoms with van der Waals surface area (Å²) in [5, 5.41) is 10.5. The maximum absolute atomic E-state index is 12.5. The average molecular weight is 311 g/mol. The molecular formula is C18H33NO3. The molecule has 2 rings (SSSR count). The van der Waals surface area contributed by atoms with Gasteiger partial charge in [-0.15, -0.1) is 0 Å². The highest BCUT2D eigenvalue weighted by molar-refractivity contribution is 5.80. The van der Waals surface area contributed by atoms with Crippen LogP contribution in [0.25, 0.3) is 0 Å². The summed E-state index contributed by atoms with van der Waals surface area (Å²) in [6.45, 7) is 11.8. The van der Waals surface area contributed by atoms with Gasteiger partial charge in [-0.25, -0.2) is 0 Å². The van der Waals surface area contributed by atoms with Crippen LogP contribution in [0.2, 0.25) is 0 Å². The molecule has 0 unspecified atom stereocenters. The highest BCUT2D eigenvalue weighted by Crippen LogP contribution is 2.44. The highest BCUT2D eigenvalue weighted by atomic mass is 16.5. The van der Waals surface area contributed by atoms with Crippen LogP contribution in [-0.2, 0) is 9.53 Å². The van der Waals surface area contributed by atoms with E-state index in [2.05, 4.69) is 20.8 Å². The van der Waals surface area contributed by atoms with Gasteiger partial charge in [0.15, 0.2) is 0 Å². The standard InChI is InChI=1S/C18H33NO3/c1-5-22-13-14-6-9-19(12-14)16(20)15-10-18(21,11-15)8-7-17(2,3)4/h14-15,21H,5-13H2,1-4H3/t14-,15?,18?/m0/s1. The number of nitrogens with zero attached hydrogens (tertiary/aromatic N) is 1. The molecule has 1 aliphatic heterocycles. The van der Waals surface area contributed by atoms with Crippen molar-refractivity contribution in [2.45, 2.75) is 65.4 Å². The minimum Gasteiger partial charge on any atom is -0.390 e. The van der Waals surface area contributed by atoms with E-state index in [1.165, 1.54) is 0 Å². The molecule has 2 fully saturated rings. The van der Waals surface area contributed by atoms with Gasteiger partial charge in [-0.05, 0) is 44.4 Å². The van der Waals surface area contributed by atoms with Gasteiger partial charge in [0.25, 0.3) is 0 Å². The molecule has 1 atom stereocenters. The zero-order chi connectivity index (χ0) is 16.4. The summed E-state index contributed by atoms with van der Waals surface area (Å²) < 4.78 is 5.47. The molecule has 0 bridgehead atoms. The number of rotatable bonds is 6. The minimum atomic E-state index is -0.599. The normalized spacial score (nSPS) is 32.1. The van der Waals surface area contributed by atoms with E-state index in [0.29, 0.717) is 18.8 Å². The van der Waals surface area contributed by atoms with Crippen LogP contribution < -0.4 is 0 Å². The minimum absolute atomic E-state index is 0.0378. The summed E-state index contributed by atoms with van der Waals surface area (Å²) >= 11 is 0. The quantitative estimate of drug-likeness (QED) is 0.820. The van der Waals surface area contributed by atoms with Gasteiger partial charge in [0.1, 0.15) is 0 Å². The van der Waals surface area contributed by atoms with Crippen molar-refractivity contribution >= 4 is 5.91 Å². The lowest BCUT2D eigenvalue weighted by atomic mass is 9.66. The third kappa shape index (κ3) is 4.69. The lowest BCUT2D eigenvalue weighted by Gasteiger charge is -2.45. The molecule has 4 nitrogen and oxygen atoms in total. The molecule has 0 aromatic rings. The second kappa shape index (κ2) is 6.88. The van der Waals surface area contributed by atoms with Crippen molar-refractivity contribution in [3.05, 3.63) is 0 Å². The first-order valence-corrected chi connectivity index (χ1v) is 8.81. The second-order valence-corrected chi connectivity index (χ2v) is 8.49. The molecule has 1 amide bonds. The van der Waals surface area contributed by atoms with Crippen LogP contribution in [0.15, 0.2) is 0 Å². The number of carbonyl (C=O) groups excluding carboxylic acids is 1. The Morgan fingerprint density at radius 1 is 1.36 bits per heavy atom. The van der Waals surface area contributed by atoms with Gasteiger partial charge in [0.2, 0.25) is 5.91 Å². The highest BCUT2D eigenvalue weighted by Gasteiger charge is 2.47. The molecule has 0 aromatic heterocycles. The summed E-state index contributed by atoms with van der Waals surface area (Å²) in [4.78, 5) is 14.5. The van der Waals surface area contributed by atoms with Gasteiger partial charge in [-0.1, -0.05) is 20.8 Å². The molecule has 22 heavy (non-hydrogen) atoms. The molecule has 0 aromatic carbocycles. The third-order valence-electron chi connectivity index (χ3n) is 5.10. The predicted octanol–water partition coefficient (Wildman–Crippen LogP) is 2.84. The topological polar surface area (TPSA) is 49.8 Å². The fourth-order valence-corrected chi connectivity index (χ4v) is 3.56. The molecule has 4 heteroatoms. The monoisotopic (exact) mass is 311 g/mol. The Morgan fingerprint density at radius 2 is 2.05 bits per heavy atom. The molecule has 128 valence electrons. The molecular weight excluding hydrogens is 278 g/mol. The van der Waals surface area contributed by atoms with Crippen molar-refractivity contribution in [1.82, 2.24) is 4.90 Å². The Balaban J connectivity index is 1.73. The van der Waals surface area contributed by atoms with Crippen LogP contribution in [0, 0.1) is 17.3 Å². The van der Waals surface area contributed by atoms with Crippen LogP contribution in [0.1, 0.15) is 59.8 Å². The molecule has 0 radical (unpaired) electrons. The van der Waals surface area contributed by atoms with Gasteiger partial charge >= 0.3 is 0 Å². The second-order valence-electron chi connectivity index (χ2n) is 8.49. The fourth-order valence-electron chi connectivity index (χ4n) is 3.56. The number of hydrogen-bond donors (Lipinski definition) is 1. The molecule has 0 spiro atoms. The summed E-state index contributed by atoms with van der Waals surface area (Å²) in [6.07, 6.45) is 4.16. The van der Waals surface area contributed by atoms with E-state index in [-0.39, 0.29) is 17.2 Å². The molecule has 1 saturated carbocycles. The zero-order valence-electron chi connectivity index (χ0n) is 14.7. The SMILES string of the molecule is CCOC[C@H]1CCN(C(=O)C2CC(O)(CCC(C)(C)C)C2)C1. The van der Waals surface area contributed by atoms with Crippen LogP contribution in [-0.4, -0.2) is 47.8 Å². The lowest BCUT2D eigenvalue weighted by molar-refractivity contribution is -0.152. The van der Waals surface area contributed by atoms with Gasteiger partial charge in [0.05, 0.1) is 12.2 Å². The summed E-state index contributed by atoms with van der Waals surface area (Å²) in [5.41, 5.74) is -0.357. The number of ether oxygens (including phenoxy) is 1. The van der Waals surface area contributed by atoms with E-state index >= 15 is 0 Å². The number of hydrogen-bond acceptors (Lipinski definition) is 3.